The maximum absolute atomic E-state index is 2.53. The van der Waals surface area contributed by atoms with Gasteiger partial charge in [-0.3, -0.25) is 4.90 Å². The normalized spacial score (nSPS) is 15.6. The van der Waals surface area contributed by atoms with Crippen molar-refractivity contribution in [3.05, 3.63) is 36.4 Å². The maximum Gasteiger partial charge on any atom is 0.297 e. The summed E-state index contributed by atoms with van der Waals surface area (Å²) in [4.78, 5) is 2.53. The van der Waals surface area contributed by atoms with Gasteiger partial charge in [0, 0.05) is 5.56 Å². The molecule has 0 amide bonds. The molecule has 1 fully saturated rings. The summed E-state index contributed by atoms with van der Waals surface area (Å²) in [6.07, 6.45) is 4.01. The molecule has 0 saturated carbocycles. The van der Waals surface area contributed by atoms with Crippen molar-refractivity contribution in [1.29, 1.82) is 0 Å². The van der Waals surface area contributed by atoms with Gasteiger partial charge in [0.05, 0.1) is 31.4 Å². The molecule has 3 heteroatoms. The van der Waals surface area contributed by atoms with E-state index in [2.05, 4.69) is 64.6 Å². The highest BCUT2D eigenvalue weighted by Crippen LogP contribution is 2.25. The van der Waals surface area contributed by atoms with Crippen LogP contribution in [0.5, 0.6) is 0 Å². The van der Waals surface area contributed by atoms with Gasteiger partial charge < -0.3 is 0 Å². The summed E-state index contributed by atoms with van der Waals surface area (Å²) in [6, 6.07) is 13.0. The topological polar surface area (TPSA) is 12.1 Å². The molecule has 0 radical (unpaired) electrons. The summed E-state index contributed by atoms with van der Waals surface area (Å²) >= 11 is 0. The smallest absolute Gasteiger partial charge is 0.260 e. The van der Waals surface area contributed by atoms with Crippen LogP contribution >= 0.6 is 0 Å². The fourth-order valence-electron chi connectivity index (χ4n) is 3.22. The van der Waals surface area contributed by atoms with Crippen molar-refractivity contribution in [3.63, 3.8) is 0 Å². The molecule has 106 valence electrons. The molecule has 0 spiro atoms. The van der Waals surface area contributed by atoms with Crippen molar-refractivity contribution in [2.45, 2.75) is 32.7 Å². The van der Waals surface area contributed by atoms with E-state index in [4.69, 9.17) is 0 Å². The number of hydrogen-bond acceptors (Lipinski definition) is 1. The van der Waals surface area contributed by atoms with Gasteiger partial charge in [0.1, 0.15) is 7.05 Å². The molecular weight excluding hydrogens is 246 g/mol. The fraction of sp³-hybridized carbons (Fsp3) is 0.471. The molecule has 1 saturated heterocycles. The zero-order valence-corrected chi connectivity index (χ0v) is 12.5. The van der Waals surface area contributed by atoms with E-state index in [1.165, 1.54) is 49.4 Å². The van der Waals surface area contributed by atoms with E-state index in [9.17, 15) is 0 Å². The number of aromatic nitrogens is 2. The minimum atomic E-state index is 0.995. The Hall–Kier alpha value is -1.77. The zero-order valence-electron chi connectivity index (χ0n) is 12.5. The van der Waals surface area contributed by atoms with Crippen LogP contribution in [0.4, 0.5) is 5.82 Å². The first-order valence-corrected chi connectivity index (χ1v) is 7.71. The van der Waals surface area contributed by atoms with Crippen LogP contribution in [0.2, 0.25) is 0 Å². The maximum atomic E-state index is 2.53. The van der Waals surface area contributed by atoms with E-state index in [0.29, 0.717) is 0 Å². The summed E-state index contributed by atoms with van der Waals surface area (Å²) < 4.78 is 4.67. The highest BCUT2D eigenvalue weighted by Gasteiger charge is 2.25. The van der Waals surface area contributed by atoms with E-state index in [1.807, 2.05) is 0 Å². The van der Waals surface area contributed by atoms with Crippen LogP contribution in [-0.4, -0.2) is 17.8 Å². The van der Waals surface area contributed by atoms with Crippen LogP contribution in [0.15, 0.2) is 36.4 Å². The lowest BCUT2D eigenvalue weighted by Gasteiger charge is -2.21. The van der Waals surface area contributed by atoms with Crippen molar-refractivity contribution in [3.8, 4) is 11.3 Å². The third-order valence-electron chi connectivity index (χ3n) is 4.29. The van der Waals surface area contributed by atoms with Gasteiger partial charge in [0.15, 0.2) is 0 Å². The average Bonchev–Trinajstić information content (AvgIpc) is 2.86. The molecular formula is C17H24N3+. The van der Waals surface area contributed by atoms with Gasteiger partial charge in [-0.25, -0.2) is 4.68 Å². The van der Waals surface area contributed by atoms with Crippen molar-refractivity contribution in [2.75, 3.05) is 18.0 Å². The molecule has 1 aliphatic heterocycles. The number of anilines is 1. The van der Waals surface area contributed by atoms with E-state index in [-0.39, 0.29) is 0 Å². The molecule has 20 heavy (non-hydrogen) atoms. The number of piperidine rings is 1. The van der Waals surface area contributed by atoms with Crippen LogP contribution in [0, 0.1) is 0 Å². The Morgan fingerprint density at radius 2 is 1.75 bits per heavy atom. The van der Waals surface area contributed by atoms with Crippen LogP contribution in [0.3, 0.4) is 0 Å². The minimum Gasteiger partial charge on any atom is -0.260 e. The number of nitrogens with zero attached hydrogens (tertiary/aromatic N) is 3. The van der Waals surface area contributed by atoms with Crippen LogP contribution < -0.4 is 9.58 Å². The lowest BCUT2D eigenvalue weighted by molar-refractivity contribution is -0.741. The highest BCUT2D eigenvalue weighted by atomic mass is 15.4. The van der Waals surface area contributed by atoms with E-state index in [1.54, 1.807) is 0 Å². The zero-order chi connectivity index (χ0) is 13.9. The van der Waals surface area contributed by atoms with E-state index >= 15 is 0 Å². The Morgan fingerprint density at radius 1 is 1.05 bits per heavy atom. The Labute approximate surface area is 121 Å². The molecule has 1 aliphatic rings. The number of benzene rings is 1. The summed E-state index contributed by atoms with van der Waals surface area (Å²) in [5, 5.41) is 0. The van der Waals surface area contributed by atoms with Crippen LogP contribution in [0.25, 0.3) is 11.3 Å². The van der Waals surface area contributed by atoms with Gasteiger partial charge >= 0.3 is 0 Å². The minimum absolute atomic E-state index is 0.995. The van der Waals surface area contributed by atoms with Crippen LogP contribution in [-0.2, 0) is 13.6 Å². The van der Waals surface area contributed by atoms with Crippen LogP contribution in [0.1, 0.15) is 26.2 Å². The second-order valence-electron chi connectivity index (χ2n) is 5.54. The highest BCUT2D eigenvalue weighted by molar-refractivity contribution is 5.62. The predicted octanol–water partition coefficient (Wildman–Crippen LogP) is 2.99. The third-order valence-corrected chi connectivity index (χ3v) is 4.29. The molecule has 0 aliphatic carbocycles. The van der Waals surface area contributed by atoms with Gasteiger partial charge in [-0.1, -0.05) is 30.3 Å². The molecule has 0 bridgehead atoms. The van der Waals surface area contributed by atoms with E-state index < -0.39 is 0 Å². The Bertz CT molecular complexity index is 565. The molecule has 1 aromatic heterocycles. The standard InChI is InChI=1S/C17H24N3/c1-3-20-16(15-10-6-4-7-11-15)14-17(18(20)2)19-12-8-5-9-13-19/h4,6-7,10-11,14H,3,5,8-9,12-13H2,1-2H3/q+1. The molecule has 2 aromatic rings. The first kappa shape index (κ1) is 13.2. The molecule has 0 unspecified atom stereocenters. The van der Waals surface area contributed by atoms with Crippen molar-refractivity contribution < 1.29 is 4.68 Å². The molecule has 3 rings (SSSR count). The summed E-state index contributed by atoms with van der Waals surface area (Å²) in [5.74, 6) is 1.35. The second-order valence-corrected chi connectivity index (χ2v) is 5.54. The fourth-order valence-corrected chi connectivity index (χ4v) is 3.22. The lowest BCUT2D eigenvalue weighted by atomic mass is 10.1. The molecule has 3 nitrogen and oxygen atoms in total. The van der Waals surface area contributed by atoms with Crippen molar-refractivity contribution in [1.82, 2.24) is 4.68 Å². The first-order valence-electron chi connectivity index (χ1n) is 7.71. The average molecular weight is 270 g/mol. The third kappa shape index (κ3) is 2.33. The summed E-state index contributed by atoms with van der Waals surface area (Å²) in [6.45, 7) is 5.59. The van der Waals surface area contributed by atoms with Crippen molar-refractivity contribution in [2.24, 2.45) is 7.05 Å². The van der Waals surface area contributed by atoms with Gasteiger partial charge in [-0.15, -0.1) is 0 Å². The van der Waals surface area contributed by atoms with Gasteiger partial charge in [-0.05, 0) is 26.2 Å². The Kier molecular flexibility index (Phi) is 3.77. The van der Waals surface area contributed by atoms with Gasteiger partial charge in [0.2, 0.25) is 0 Å². The van der Waals surface area contributed by atoms with Gasteiger partial charge in [0.25, 0.3) is 5.82 Å². The summed E-state index contributed by atoms with van der Waals surface area (Å²) in [7, 11) is 2.18. The molecule has 1 aromatic carbocycles. The first-order chi connectivity index (χ1) is 9.81. The predicted molar refractivity (Wildman–Crippen MR) is 82.8 cm³/mol. The monoisotopic (exact) mass is 270 g/mol. The Morgan fingerprint density at radius 3 is 2.40 bits per heavy atom. The van der Waals surface area contributed by atoms with Crippen molar-refractivity contribution >= 4 is 5.82 Å². The van der Waals surface area contributed by atoms with E-state index in [0.717, 1.165) is 6.54 Å². The molecule has 2 heterocycles. The largest absolute Gasteiger partial charge is 0.297 e. The second kappa shape index (κ2) is 5.70. The molecule has 0 N–H and O–H groups in total. The molecule has 0 atom stereocenters. The SMILES string of the molecule is CCn1c(-c2ccccc2)cc(N2CCCCC2)[n+]1C. The lowest BCUT2D eigenvalue weighted by Crippen LogP contribution is -2.46. The van der Waals surface area contributed by atoms with Gasteiger partial charge in [-0.2, -0.15) is 4.68 Å². The number of hydrogen-bond donors (Lipinski definition) is 0. The Balaban J connectivity index is 2.03. The quantitative estimate of drug-likeness (QED) is 0.781. The summed E-state index contributed by atoms with van der Waals surface area (Å²) in [5.41, 5.74) is 2.62. The number of rotatable bonds is 3.